The number of ether oxygens (including phenoxy) is 7. The van der Waals surface area contributed by atoms with Crippen molar-refractivity contribution in [2.75, 3.05) is 85.9 Å². The third-order valence-electron chi connectivity index (χ3n) is 5.06. The van der Waals surface area contributed by atoms with Crippen LogP contribution in [0.4, 0.5) is 0 Å². The summed E-state index contributed by atoms with van der Waals surface area (Å²) in [5, 5.41) is 8.40. The van der Waals surface area contributed by atoms with Gasteiger partial charge in [0.15, 0.2) is 0 Å². The van der Waals surface area contributed by atoms with Crippen LogP contribution in [0.1, 0.15) is 71.1 Å². The van der Waals surface area contributed by atoms with Crippen molar-refractivity contribution in [2.24, 2.45) is 0 Å². The summed E-state index contributed by atoms with van der Waals surface area (Å²) < 4.78 is 36.8. The van der Waals surface area contributed by atoms with Crippen molar-refractivity contribution in [1.29, 1.82) is 0 Å². The lowest BCUT2D eigenvalue weighted by molar-refractivity contribution is -0.145. The number of hydrogen-bond acceptors (Lipinski definition) is 9. The third-order valence-corrected chi connectivity index (χ3v) is 5.06. The number of carbonyl (C=O) groups is 2. The Morgan fingerprint density at radius 3 is 1.28 bits per heavy atom. The molecule has 0 aromatic heterocycles. The molecule has 0 spiro atoms. The molecule has 0 aliphatic carbocycles. The smallest absolute Gasteiger partial charge is 0.329 e. The molecule has 36 heavy (non-hydrogen) atoms. The van der Waals surface area contributed by atoms with E-state index in [-0.39, 0.29) is 25.8 Å². The van der Waals surface area contributed by atoms with Gasteiger partial charge in [0.25, 0.3) is 0 Å². The number of carboxylic acid groups (broad SMARTS) is 1. The lowest BCUT2D eigenvalue weighted by atomic mass is 10.1. The van der Waals surface area contributed by atoms with Crippen LogP contribution in [0.15, 0.2) is 0 Å². The van der Waals surface area contributed by atoms with Gasteiger partial charge in [-0.1, -0.05) is 58.3 Å². The van der Waals surface area contributed by atoms with Crippen LogP contribution in [0.5, 0.6) is 0 Å². The maximum Gasteiger partial charge on any atom is 0.329 e. The normalized spacial score (nSPS) is 11.1. The second-order valence-electron chi connectivity index (χ2n) is 8.31. The highest BCUT2D eigenvalue weighted by Gasteiger charge is 2.03. The Labute approximate surface area is 217 Å². The molecule has 0 saturated heterocycles. The molecule has 0 aliphatic heterocycles. The van der Waals surface area contributed by atoms with Crippen LogP contribution in [0.2, 0.25) is 0 Å². The Morgan fingerprint density at radius 1 is 0.500 bits per heavy atom. The van der Waals surface area contributed by atoms with Gasteiger partial charge in [-0.25, -0.2) is 4.79 Å². The Balaban J connectivity index is 3.13. The fraction of sp³-hybridized carbons (Fsp3) is 0.923. The van der Waals surface area contributed by atoms with Gasteiger partial charge in [0, 0.05) is 6.42 Å². The average molecular weight is 523 g/mol. The molecule has 0 aliphatic rings. The molecule has 1 N–H and O–H groups in total. The van der Waals surface area contributed by atoms with Gasteiger partial charge in [0.05, 0.1) is 72.7 Å². The minimum absolute atomic E-state index is 0.144. The SMILES string of the molecule is CCCCCCCCCCCC(=O)OCCOCCOCCOCCOCCOCCOCC(=O)O. The van der Waals surface area contributed by atoms with E-state index < -0.39 is 5.97 Å². The van der Waals surface area contributed by atoms with Gasteiger partial charge in [-0.05, 0) is 6.42 Å². The molecule has 0 aromatic rings. The van der Waals surface area contributed by atoms with Crippen LogP contribution >= 0.6 is 0 Å². The summed E-state index contributed by atoms with van der Waals surface area (Å²) >= 11 is 0. The minimum Gasteiger partial charge on any atom is -0.480 e. The number of unbranched alkanes of at least 4 members (excludes halogenated alkanes) is 8. The van der Waals surface area contributed by atoms with Crippen molar-refractivity contribution in [2.45, 2.75) is 71.1 Å². The van der Waals surface area contributed by atoms with E-state index in [9.17, 15) is 9.59 Å². The van der Waals surface area contributed by atoms with Gasteiger partial charge in [-0.2, -0.15) is 0 Å². The summed E-state index contributed by atoms with van der Waals surface area (Å²) in [6, 6.07) is 0. The molecule has 0 unspecified atom stereocenters. The van der Waals surface area contributed by atoms with Crippen molar-refractivity contribution in [3.63, 3.8) is 0 Å². The van der Waals surface area contributed by atoms with Crippen LogP contribution in [0.3, 0.4) is 0 Å². The summed E-state index contributed by atoms with van der Waals surface area (Å²) in [6.45, 7) is 6.76. The summed E-state index contributed by atoms with van der Waals surface area (Å²) in [5.74, 6) is -1.14. The zero-order valence-electron chi connectivity index (χ0n) is 22.4. The molecule has 0 saturated carbocycles. The molecule has 0 atom stereocenters. The number of aliphatic carboxylic acids is 1. The molecule has 214 valence electrons. The molecule has 0 rings (SSSR count). The topological polar surface area (TPSA) is 119 Å². The first-order chi connectivity index (χ1) is 17.7. The van der Waals surface area contributed by atoms with Crippen LogP contribution in [0.25, 0.3) is 0 Å². The van der Waals surface area contributed by atoms with E-state index in [4.69, 9.17) is 38.3 Å². The quantitative estimate of drug-likeness (QED) is 0.111. The predicted molar refractivity (Wildman–Crippen MR) is 135 cm³/mol. The number of carbonyl (C=O) groups excluding carboxylic acids is 1. The largest absolute Gasteiger partial charge is 0.480 e. The van der Waals surface area contributed by atoms with E-state index in [1.807, 2.05) is 0 Å². The van der Waals surface area contributed by atoms with Crippen molar-refractivity contribution in [3.8, 4) is 0 Å². The first-order valence-corrected chi connectivity index (χ1v) is 13.5. The van der Waals surface area contributed by atoms with Crippen LogP contribution in [-0.4, -0.2) is 103 Å². The molecular weight excluding hydrogens is 472 g/mol. The highest BCUT2D eigenvalue weighted by atomic mass is 16.6. The van der Waals surface area contributed by atoms with Crippen molar-refractivity contribution in [3.05, 3.63) is 0 Å². The fourth-order valence-electron chi connectivity index (χ4n) is 3.13. The zero-order chi connectivity index (χ0) is 26.4. The minimum atomic E-state index is -0.994. The molecule has 0 heterocycles. The van der Waals surface area contributed by atoms with Gasteiger partial charge >= 0.3 is 11.9 Å². The molecule has 0 amide bonds. The highest BCUT2D eigenvalue weighted by Crippen LogP contribution is 2.10. The monoisotopic (exact) mass is 522 g/mol. The number of carboxylic acids is 1. The summed E-state index contributed by atoms with van der Waals surface area (Å²) in [5.41, 5.74) is 0. The Kier molecular flexibility index (Phi) is 28.8. The summed E-state index contributed by atoms with van der Waals surface area (Å²) in [7, 11) is 0. The first kappa shape index (κ1) is 34.7. The van der Waals surface area contributed by atoms with E-state index in [1.165, 1.54) is 44.9 Å². The molecule has 0 bridgehead atoms. The molecule has 0 radical (unpaired) electrons. The van der Waals surface area contributed by atoms with Gasteiger partial charge in [0.1, 0.15) is 13.2 Å². The molecule has 10 heteroatoms. The van der Waals surface area contributed by atoms with Crippen LogP contribution in [0, 0.1) is 0 Å². The Bertz CT molecular complexity index is 476. The van der Waals surface area contributed by atoms with E-state index in [1.54, 1.807) is 0 Å². The summed E-state index contributed by atoms with van der Waals surface area (Å²) in [4.78, 5) is 21.9. The molecule has 10 nitrogen and oxygen atoms in total. The number of rotatable bonds is 30. The van der Waals surface area contributed by atoms with Gasteiger partial charge in [-0.15, -0.1) is 0 Å². The van der Waals surface area contributed by atoms with Crippen LogP contribution < -0.4 is 0 Å². The van der Waals surface area contributed by atoms with Gasteiger partial charge in [0.2, 0.25) is 0 Å². The second kappa shape index (κ2) is 29.9. The standard InChI is InChI=1S/C26H50O10/c1-2-3-4-5-6-7-8-9-10-11-26(29)36-23-22-34-19-18-32-15-14-30-12-13-31-16-17-33-20-21-35-24-25(27)28/h2-24H2,1H3,(H,27,28). The maximum atomic E-state index is 11.7. The maximum absolute atomic E-state index is 11.7. The summed E-state index contributed by atoms with van der Waals surface area (Å²) in [6.07, 6.45) is 11.6. The second-order valence-corrected chi connectivity index (χ2v) is 8.31. The predicted octanol–water partition coefficient (Wildman–Crippen LogP) is 3.63. The lowest BCUT2D eigenvalue weighted by Gasteiger charge is -2.08. The van der Waals surface area contributed by atoms with E-state index in [2.05, 4.69) is 6.92 Å². The van der Waals surface area contributed by atoms with Gasteiger partial charge < -0.3 is 38.3 Å². The molecular formula is C26H50O10. The molecule has 0 fully saturated rings. The van der Waals surface area contributed by atoms with E-state index in [0.29, 0.717) is 72.5 Å². The van der Waals surface area contributed by atoms with E-state index >= 15 is 0 Å². The highest BCUT2D eigenvalue weighted by molar-refractivity contribution is 5.69. The van der Waals surface area contributed by atoms with Crippen LogP contribution in [-0.2, 0) is 42.7 Å². The van der Waals surface area contributed by atoms with Crippen molar-refractivity contribution in [1.82, 2.24) is 0 Å². The lowest BCUT2D eigenvalue weighted by Crippen LogP contribution is -2.15. The Morgan fingerprint density at radius 2 is 0.861 bits per heavy atom. The number of esters is 1. The van der Waals surface area contributed by atoms with Crippen molar-refractivity contribution < 1.29 is 47.9 Å². The zero-order valence-corrected chi connectivity index (χ0v) is 22.4. The van der Waals surface area contributed by atoms with Crippen molar-refractivity contribution >= 4 is 11.9 Å². The Hall–Kier alpha value is -1.30. The third kappa shape index (κ3) is 30.7. The molecule has 0 aromatic carbocycles. The average Bonchev–Trinajstić information content (AvgIpc) is 2.86. The van der Waals surface area contributed by atoms with Gasteiger partial charge in [-0.3, -0.25) is 4.79 Å². The number of hydrogen-bond donors (Lipinski definition) is 1. The fourth-order valence-corrected chi connectivity index (χ4v) is 3.13. The van der Waals surface area contributed by atoms with E-state index in [0.717, 1.165) is 12.8 Å². The first-order valence-electron chi connectivity index (χ1n) is 13.5.